The van der Waals surface area contributed by atoms with Crippen LogP contribution in [0.15, 0.2) is 54.6 Å². The van der Waals surface area contributed by atoms with Crippen LogP contribution in [-0.4, -0.2) is 127 Å². The molecule has 0 bridgehead atoms. The Morgan fingerprint density at radius 1 is 0.788 bits per heavy atom. The predicted octanol–water partition coefficient (Wildman–Crippen LogP) is 1.48. The van der Waals surface area contributed by atoms with E-state index in [1.165, 1.54) is 26.2 Å². The number of methoxy groups -OCH3 is 1. The second-order valence-electron chi connectivity index (χ2n) is 12.7. The molecule has 5 aliphatic rings. The molecule has 2 aromatic rings. The number of rotatable bonds is 8. The molecule has 52 heavy (non-hydrogen) atoms. The molecule has 0 aromatic heterocycles. The first-order valence-corrected chi connectivity index (χ1v) is 16.6. The summed E-state index contributed by atoms with van der Waals surface area (Å²) in [5.74, 6) is -3.48. The van der Waals surface area contributed by atoms with Gasteiger partial charge in [0.1, 0.15) is 43.1 Å². The molecule has 5 aliphatic heterocycles. The summed E-state index contributed by atoms with van der Waals surface area (Å²) in [6.07, 6.45) is -12.1. The van der Waals surface area contributed by atoms with Crippen LogP contribution in [0.1, 0.15) is 53.3 Å². The predicted molar refractivity (Wildman–Crippen MR) is 169 cm³/mol. The fourth-order valence-electron chi connectivity index (χ4n) is 7.31. The van der Waals surface area contributed by atoms with Crippen molar-refractivity contribution >= 4 is 35.8 Å². The minimum atomic E-state index is -1.59. The molecule has 0 radical (unpaired) electrons. The molecule has 4 saturated heterocycles. The summed E-state index contributed by atoms with van der Waals surface area (Å²) in [6.45, 7) is 2.94. The van der Waals surface area contributed by atoms with Gasteiger partial charge in [-0.2, -0.15) is 0 Å². The zero-order valence-electron chi connectivity index (χ0n) is 28.5. The first-order valence-electron chi connectivity index (χ1n) is 16.6. The molecule has 11 atom stereocenters. The zero-order valence-corrected chi connectivity index (χ0v) is 28.5. The number of hydrogen-bond donors (Lipinski definition) is 0. The Bertz CT molecular complexity index is 1720. The Morgan fingerprint density at radius 2 is 1.46 bits per heavy atom. The molecule has 17 nitrogen and oxygen atoms in total. The maximum absolute atomic E-state index is 14.0. The molecule has 1 unspecified atom stereocenters. The summed E-state index contributed by atoms with van der Waals surface area (Å²) < 4.78 is 54.0. The van der Waals surface area contributed by atoms with Gasteiger partial charge in [-0.15, -0.1) is 0 Å². The fourth-order valence-corrected chi connectivity index (χ4v) is 7.31. The Balaban J connectivity index is 1.32. The third kappa shape index (κ3) is 6.33. The van der Waals surface area contributed by atoms with E-state index in [-0.39, 0.29) is 17.7 Å². The average molecular weight is 725 g/mol. The van der Waals surface area contributed by atoms with Gasteiger partial charge >= 0.3 is 18.0 Å². The molecule has 276 valence electrons. The van der Waals surface area contributed by atoms with Crippen molar-refractivity contribution in [2.24, 2.45) is 0 Å². The number of carbonyl (C=O) groups excluding carboxylic acids is 6. The molecule has 4 fully saturated rings. The molecule has 4 amide bonds. The minimum absolute atomic E-state index is 0.0267. The van der Waals surface area contributed by atoms with Crippen LogP contribution in [0.5, 0.6) is 0 Å². The highest BCUT2D eigenvalue weighted by Crippen LogP contribution is 2.42. The minimum Gasteiger partial charge on any atom is -0.463 e. The van der Waals surface area contributed by atoms with Gasteiger partial charge in [0.25, 0.3) is 11.8 Å². The second kappa shape index (κ2) is 14.3. The Hall–Kier alpha value is -4.78. The number of fused-ring (bicyclic) bond motifs is 3. The van der Waals surface area contributed by atoms with Crippen molar-refractivity contribution in [3.8, 4) is 0 Å². The van der Waals surface area contributed by atoms with Crippen LogP contribution in [0.3, 0.4) is 0 Å². The molecule has 0 spiro atoms. The number of benzene rings is 2. The SMILES string of the molecule is CO[C@@H]1O[C@@H]2COC(c3ccccc3)O[C@H]2[C@H](O[C@@H]2O[C@H](COC(C)=O)[C@@H](OC(C)=O)[C@@H]3OC(=O)N(C(C)=O)[C@@H]23)[C@H]1N1C(=O)c2ccccc2C1=O. The summed E-state index contributed by atoms with van der Waals surface area (Å²) in [5.41, 5.74) is 0.953. The van der Waals surface area contributed by atoms with E-state index in [0.717, 1.165) is 23.6 Å². The van der Waals surface area contributed by atoms with Gasteiger partial charge in [-0.25, -0.2) is 9.69 Å². The summed E-state index contributed by atoms with van der Waals surface area (Å²) in [6, 6.07) is 12.6. The molecule has 0 N–H and O–H groups in total. The third-order valence-electron chi connectivity index (χ3n) is 9.46. The van der Waals surface area contributed by atoms with Crippen molar-refractivity contribution in [3.05, 3.63) is 71.3 Å². The molecule has 2 aromatic carbocycles. The van der Waals surface area contributed by atoms with E-state index in [9.17, 15) is 28.8 Å². The number of nitrogens with zero attached hydrogens (tertiary/aromatic N) is 2. The lowest BCUT2D eigenvalue weighted by molar-refractivity contribution is -0.373. The number of carbonyl (C=O) groups is 6. The van der Waals surface area contributed by atoms with E-state index in [4.69, 9.17) is 42.6 Å². The number of imide groups is 2. The maximum atomic E-state index is 14.0. The van der Waals surface area contributed by atoms with Gasteiger partial charge in [0.05, 0.1) is 17.7 Å². The van der Waals surface area contributed by atoms with Gasteiger partial charge in [-0.3, -0.25) is 28.9 Å². The van der Waals surface area contributed by atoms with Crippen molar-refractivity contribution in [2.75, 3.05) is 20.3 Å². The van der Waals surface area contributed by atoms with Crippen molar-refractivity contribution in [1.82, 2.24) is 9.80 Å². The van der Waals surface area contributed by atoms with Gasteiger partial charge in [0, 0.05) is 33.4 Å². The lowest BCUT2D eigenvalue weighted by atomic mass is 9.92. The lowest BCUT2D eigenvalue weighted by Gasteiger charge is -2.52. The molecular weight excluding hydrogens is 688 g/mol. The first-order chi connectivity index (χ1) is 25.0. The van der Waals surface area contributed by atoms with Crippen molar-refractivity contribution in [2.45, 2.75) is 88.3 Å². The van der Waals surface area contributed by atoms with Gasteiger partial charge < -0.3 is 42.6 Å². The van der Waals surface area contributed by atoms with Crippen LogP contribution < -0.4 is 0 Å². The highest BCUT2D eigenvalue weighted by Gasteiger charge is 2.63. The van der Waals surface area contributed by atoms with Crippen LogP contribution in [0.4, 0.5) is 4.79 Å². The molecule has 0 aliphatic carbocycles. The number of amides is 4. The summed E-state index contributed by atoms with van der Waals surface area (Å²) >= 11 is 0. The van der Waals surface area contributed by atoms with Gasteiger partial charge in [-0.1, -0.05) is 42.5 Å². The van der Waals surface area contributed by atoms with E-state index >= 15 is 0 Å². The Morgan fingerprint density at radius 3 is 2.08 bits per heavy atom. The largest absolute Gasteiger partial charge is 0.463 e. The molecule has 17 heteroatoms. The van der Waals surface area contributed by atoms with E-state index in [2.05, 4.69) is 0 Å². The second-order valence-corrected chi connectivity index (χ2v) is 12.7. The number of ether oxygens (including phenoxy) is 9. The smallest absolute Gasteiger partial charge is 0.417 e. The van der Waals surface area contributed by atoms with E-state index in [1.54, 1.807) is 36.4 Å². The quantitative estimate of drug-likeness (QED) is 0.216. The summed E-state index contributed by atoms with van der Waals surface area (Å²) in [5, 5.41) is 0. The van der Waals surface area contributed by atoms with Gasteiger partial charge in [0.15, 0.2) is 31.1 Å². The topological polar surface area (TPSA) is 192 Å². The lowest BCUT2D eigenvalue weighted by Crippen LogP contribution is -2.70. The van der Waals surface area contributed by atoms with Crippen molar-refractivity contribution in [3.63, 3.8) is 0 Å². The monoisotopic (exact) mass is 724 g/mol. The van der Waals surface area contributed by atoms with Gasteiger partial charge in [-0.05, 0) is 12.1 Å². The van der Waals surface area contributed by atoms with Crippen LogP contribution in [0.25, 0.3) is 0 Å². The summed E-state index contributed by atoms with van der Waals surface area (Å²) in [4.78, 5) is 80.0. The third-order valence-corrected chi connectivity index (χ3v) is 9.46. The number of hydrogen-bond acceptors (Lipinski definition) is 15. The normalized spacial score (nSPS) is 33.8. The Kier molecular flexibility index (Phi) is 9.81. The van der Waals surface area contributed by atoms with Crippen molar-refractivity contribution in [1.29, 1.82) is 0 Å². The van der Waals surface area contributed by atoms with E-state index in [0.29, 0.717) is 5.56 Å². The molecule has 0 saturated carbocycles. The van der Waals surface area contributed by atoms with Crippen LogP contribution in [0, 0.1) is 0 Å². The highest BCUT2D eigenvalue weighted by atomic mass is 16.8. The highest BCUT2D eigenvalue weighted by molar-refractivity contribution is 6.21. The van der Waals surface area contributed by atoms with Crippen LogP contribution >= 0.6 is 0 Å². The van der Waals surface area contributed by atoms with E-state index in [1.807, 2.05) is 6.07 Å². The average Bonchev–Trinajstić information content (AvgIpc) is 3.61. The van der Waals surface area contributed by atoms with Crippen LogP contribution in [-0.2, 0) is 57.0 Å². The van der Waals surface area contributed by atoms with Gasteiger partial charge in [0.2, 0.25) is 5.91 Å². The molecular formula is C35H36N2O15. The first kappa shape index (κ1) is 35.6. The van der Waals surface area contributed by atoms with E-state index < -0.39 is 110 Å². The van der Waals surface area contributed by atoms with Crippen LogP contribution in [0.2, 0.25) is 0 Å². The molecule has 5 heterocycles. The zero-order chi connectivity index (χ0) is 36.8. The summed E-state index contributed by atoms with van der Waals surface area (Å²) in [7, 11) is 1.33. The Labute approximate surface area is 296 Å². The number of esters is 2. The van der Waals surface area contributed by atoms with Crippen molar-refractivity contribution < 1.29 is 71.4 Å². The fraction of sp³-hybridized carbons (Fsp3) is 0.486. The molecule has 7 rings (SSSR count). The maximum Gasteiger partial charge on any atom is 0.417 e. The standard InChI is InChI=1S/C35H36N2O15/c1-16(38)36-25-29(52-35(36)43)26(47-18(3)40)22(14-45-17(2)39)49-34(25)51-28-24(37-30(41)20-12-8-9-13-21(20)31(37)42)33(44-4)48-23-15-46-32(50-27(23)28)19-10-6-5-7-11-19/h5-13,22-29,32-34H,14-15H2,1-4H3/t22-,23-,24-,25-,26-,27-,28-,29-,32?,33-,34+/m1/s1.